The molecule has 1 fully saturated rings. The first-order valence-corrected chi connectivity index (χ1v) is 5.91. The van der Waals surface area contributed by atoms with Gasteiger partial charge in [-0.3, -0.25) is 4.84 Å². The van der Waals surface area contributed by atoms with Crippen LogP contribution in [0.1, 0.15) is 24.3 Å². The highest BCUT2D eigenvalue weighted by Crippen LogP contribution is 2.36. The van der Waals surface area contributed by atoms with Crippen molar-refractivity contribution < 1.29 is 14.0 Å². The van der Waals surface area contributed by atoms with Crippen LogP contribution in [0.4, 0.5) is 4.39 Å². The second kappa shape index (κ2) is 6.10. The van der Waals surface area contributed by atoms with Gasteiger partial charge in [-0.1, -0.05) is 12.1 Å². The van der Waals surface area contributed by atoms with Crippen molar-refractivity contribution in [1.29, 1.82) is 0 Å². The maximum atomic E-state index is 13.0. The maximum Gasteiger partial charge on any atom is 0.123 e. The van der Waals surface area contributed by atoms with E-state index in [-0.39, 0.29) is 5.82 Å². The molecule has 0 unspecified atom stereocenters. The van der Waals surface area contributed by atoms with Crippen molar-refractivity contribution in [3.05, 3.63) is 35.6 Å². The van der Waals surface area contributed by atoms with Crippen LogP contribution in [-0.4, -0.2) is 26.4 Å². The second-order valence-corrected chi connectivity index (χ2v) is 4.38. The maximum absolute atomic E-state index is 13.0. The Morgan fingerprint density at radius 1 is 1.35 bits per heavy atom. The number of hydrogen-bond donors (Lipinski definition) is 1. The zero-order chi connectivity index (χ0) is 12.1. The summed E-state index contributed by atoms with van der Waals surface area (Å²) in [7, 11) is 1.65. The lowest BCUT2D eigenvalue weighted by molar-refractivity contribution is -0.0303. The molecule has 0 aliphatic heterocycles. The van der Waals surface area contributed by atoms with Gasteiger partial charge in [0.2, 0.25) is 0 Å². The van der Waals surface area contributed by atoms with Crippen LogP contribution in [0.3, 0.4) is 0 Å². The number of ether oxygens (including phenoxy) is 1. The van der Waals surface area contributed by atoms with Gasteiger partial charge in [-0.15, -0.1) is 0 Å². The summed E-state index contributed by atoms with van der Waals surface area (Å²) in [4.78, 5) is 5.24. The highest BCUT2D eigenvalue weighted by atomic mass is 19.1. The minimum Gasteiger partial charge on any atom is -0.382 e. The summed E-state index contributed by atoms with van der Waals surface area (Å²) in [6, 6.07) is 7.22. The van der Waals surface area contributed by atoms with E-state index in [4.69, 9.17) is 9.57 Å². The van der Waals surface area contributed by atoms with Crippen LogP contribution in [0.25, 0.3) is 0 Å². The number of rotatable bonds is 6. The van der Waals surface area contributed by atoms with Crippen molar-refractivity contribution in [1.82, 2.24) is 5.48 Å². The van der Waals surface area contributed by atoms with E-state index in [1.807, 2.05) is 6.07 Å². The van der Waals surface area contributed by atoms with E-state index in [0.29, 0.717) is 25.2 Å². The highest BCUT2D eigenvalue weighted by molar-refractivity contribution is 5.23. The zero-order valence-corrected chi connectivity index (χ0v) is 9.99. The normalized spacial score (nSPS) is 23.4. The monoisotopic (exact) mass is 239 g/mol. The van der Waals surface area contributed by atoms with Crippen LogP contribution >= 0.6 is 0 Å². The number of hydrogen-bond acceptors (Lipinski definition) is 3. The molecule has 2 rings (SSSR count). The van der Waals surface area contributed by atoms with Crippen LogP contribution in [0, 0.1) is 5.82 Å². The molecule has 3 nitrogen and oxygen atoms in total. The summed E-state index contributed by atoms with van der Waals surface area (Å²) in [5, 5.41) is 0. The molecule has 17 heavy (non-hydrogen) atoms. The topological polar surface area (TPSA) is 30.5 Å². The summed E-state index contributed by atoms with van der Waals surface area (Å²) < 4.78 is 17.9. The minimum absolute atomic E-state index is 0.157. The van der Waals surface area contributed by atoms with Crippen molar-refractivity contribution in [3.63, 3.8) is 0 Å². The first-order valence-electron chi connectivity index (χ1n) is 5.91. The van der Waals surface area contributed by atoms with Gasteiger partial charge in [0.05, 0.1) is 13.2 Å². The van der Waals surface area contributed by atoms with Crippen LogP contribution in [0.5, 0.6) is 0 Å². The Kier molecular flexibility index (Phi) is 4.48. The summed E-state index contributed by atoms with van der Waals surface area (Å²) in [6.45, 7) is 1.14. The second-order valence-electron chi connectivity index (χ2n) is 4.38. The fourth-order valence-electron chi connectivity index (χ4n) is 2.05. The largest absolute Gasteiger partial charge is 0.382 e. The van der Waals surface area contributed by atoms with E-state index in [1.54, 1.807) is 19.2 Å². The molecule has 0 aromatic heterocycles. The Hall–Kier alpha value is -0.970. The first kappa shape index (κ1) is 12.5. The molecule has 0 radical (unpaired) electrons. The molecule has 1 aromatic rings. The summed E-state index contributed by atoms with van der Waals surface area (Å²) in [5.41, 5.74) is 4.08. The van der Waals surface area contributed by atoms with Gasteiger partial charge in [0, 0.05) is 13.2 Å². The molecule has 0 saturated heterocycles. The average Bonchev–Trinajstić information content (AvgIpc) is 2.26. The summed E-state index contributed by atoms with van der Waals surface area (Å²) >= 11 is 0. The van der Waals surface area contributed by atoms with E-state index < -0.39 is 0 Å². The number of hydroxylamine groups is 1. The Morgan fingerprint density at radius 3 is 2.88 bits per heavy atom. The van der Waals surface area contributed by atoms with Gasteiger partial charge in [-0.05, 0) is 36.5 Å². The van der Waals surface area contributed by atoms with E-state index in [0.717, 1.165) is 18.4 Å². The number of halogens is 1. The Labute approximate surface area is 101 Å². The lowest BCUT2D eigenvalue weighted by Crippen LogP contribution is -2.40. The van der Waals surface area contributed by atoms with Crippen molar-refractivity contribution >= 4 is 0 Å². The van der Waals surface area contributed by atoms with Gasteiger partial charge < -0.3 is 4.74 Å². The molecule has 0 spiro atoms. The molecule has 0 heterocycles. The molecule has 0 bridgehead atoms. The fraction of sp³-hybridized carbons (Fsp3) is 0.538. The third kappa shape index (κ3) is 3.49. The number of methoxy groups -OCH3 is 1. The molecule has 4 heteroatoms. The standard InChI is InChI=1S/C13H18FNO2/c1-16-5-6-17-15-13-8-11(9-13)10-3-2-4-12(14)7-10/h2-4,7,11,13,15H,5-6,8-9H2,1H3. The van der Waals surface area contributed by atoms with Gasteiger partial charge in [-0.25, -0.2) is 4.39 Å². The van der Waals surface area contributed by atoms with Crippen molar-refractivity contribution in [2.45, 2.75) is 24.8 Å². The van der Waals surface area contributed by atoms with Gasteiger partial charge >= 0.3 is 0 Å². The number of benzene rings is 1. The van der Waals surface area contributed by atoms with E-state index in [1.165, 1.54) is 6.07 Å². The van der Waals surface area contributed by atoms with E-state index in [9.17, 15) is 4.39 Å². The SMILES string of the molecule is COCCONC1CC(c2cccc(F)c2)C1. The third-order valence-electron chi connectivity index (χ3n) is 3.10. The predicted molar refractivity (Wildman–Crippen MR) is 63.1 cm³/mol. The quantitative estimate of drug-likeness (QED) is 0.610. The van der Waals surface area contributed by atoms with E-state index >= 15 is 0 Å². The fourth-order valence-corrected chi connectivity index (χ4v) is 2.05. The summed E-state index contributed by atoms with van der Waals surface area (Å²) in [6.07, 6.45) is 1.99. The van der Waals surface area contributed by atoms with Gasteiger partial charge in [-0.2, -0.15) is 5.48 Å². The Bertz CT molecular complexity index is 353. The van der Waals surface area contributed by atoms with Crippen LogP contribution in [0.15, 0.2) is 24.3 Å². The van der Waals surface area contributed by atoms with E-state index in [2.05, 4.69) is 5.48 Å². The minimum atomic E-state index is -0.157. The van der Waals surface area contributed by atoms with Crippen molar-refractivity contribution in [2.75, 3.05) is 20.3 Å². The smallest absolute Gasteiger partial charge is 0.123 e. The van der Waals surface area contributed by atoms with Crippen LogP contribution in [0.2, 0.25) is 0 Å². The molecule has 94 valence electrons. The molecular formula is C13H18FNO2. The van der Waals surface area contributed by atoms with Gasteiger partial charge in [0.25, 0.3) is 0 Å². The molecule has 0 atom stereocenters. The lowest BCUT2D eigenvalue weighted by Gasteiger charge is -2.35. The van der Waals surface area contributed by atoms with Gasteiger partial charge in [0.15, 0.2) is 0 Å². The molecule has 1 N–H and O–H groups in total. The van der Waals surface area contributed by atoms with Crippen LogP contribution < -0.4 is 5.48 Å². The van der Waals surface area contributed by atoms with Crippen LogP contribution in [-0.2, 0) is 9.57 Å². The molecule has 1 aliphatic carbocycles. The number of nitrogens with one attached hydrogen (secondary N) is 1. The average molecular weight is 239 g/mol. The Morgan fingerprint density at radius 2 is 2.18 bits per heavy atom. The molecule has 0 amide bonds. The molecule has 1 aliphatic rings. The lowest BCUT2D eigenvalue weighted by atomic mass is 9.76. The summed E-state index contributed by atoms with van der Waals surface area (Å²) in [5.74, 6) is 0.296. The highest BCUT2D eigenvalue weighted by Gasteiger charge is 2.30. The molecule has 1 saturated carbocycles. The predicted octanol–water partition coefficient (Wildman–Crippen LogP) is 2.24. The van der Waals surface area contributed by atoms with Gasteiger partial charge in [0.1, 0.15) is 5.82 Å². The van der Waals surface area contributed by atoms with Crippen molar-refractivity contribution in [2.24, 2.45) is 0 Å². The Balaban J connectivity index is 1.68. The molecule has 1 aromatic carbocycles. The van der Waals surface area contributed by atoms with Crippen molar-refractivity contribution in [3.8, 4) is 0 Å². The first-order chi connectivity index (χ1) is 8.29. The zero-order valence-electron chi connectivity index (χ0n) is 9.99. The third-order valence-corrected chi connectivity index (χ3v) is 3.10. The molecular weight excluding hydrogens is 221 g/mol.